The van der Waals surface area contributed by atoms with Crippen LogP contribution in [0.25, 0.3) is 0 Å². The maximum Gasteiger partial charge on any atom is 0.416 e. The predicted molar refractivity (Wildman–Crippen MR) is 95.0 cm³/mol. The van der Waals surface area contributed by atoms with Crippen molar-refractivity contribution < 1.29 is 14.3 Å². The molecule has 0 unspecified atom stereocenters. The monoisotopic (exact) mass is 421 g/mol. The molecule has 0 aromatic heterocycles. The normalized spacial score (nSPS) is 17.2. The smallest absolute Gasteiger partial charge is 0.416 e. The molecule has 1 heterocycles. The number of amides is 2. The van der Waals surface area contributed by atoms with Gasteiger partial charge in [0, 0.05) is 3.57 Å². The Kier molecular flexibility index (Phi) is 4.95. The van der Waals surface area contributed by atoms with Crippen molar-refractivity contribution in [1.82, 2.24) is 4.90 Å². The number of hydrogen-bond acceptors (Lipinski definition) is 3. The van der Waals surface area contributed by atoms with Crippen molar-refractivity contribution in [2.45, 2.75) is 18.9 Å². The average Bonchev–Trinajstić information content (AvgIpc) is 2.91. The fraction of sp³-hybridized carbons (Fsp3) is 0.222. The number of ether oxygens (including phenoxy) is 1. The van der Waals surface area contributed by atoms with Gasteiger partial charge >= 0.3 is 6.09 Å². The van der Waals surface area contributed by atoms with Crippen LogP contribution in [-0.4, -0.2) is 29.5 Å². The molecule has 2 aromatic carbocycles. The predicted octanol–water partition coefficient (Wildman–Crippen LogP) is 3.42. The second-order valence-corrected chi connectivity index (χ2v) is 6.73. The van der Waals surface area contributed by atoms with Gasteiger partial charge in [-0.05, 0) is 52.3 Å². The van der Waals surface area contributed by atoms with Crippen LogP contribution in [0.15, 0.2) is 54.6 Å². The van der Waals surface area contributed by atoms with E-state index in [4.69, 9.17) is 4.74 Å². The fourth-order valence-electron chi connectivity index (χ4n) is 2.66. The van der Waals surface area contributed by atoms with Crippen LogP contribution in [0.4, 0.5) is 4.79 Å². The number of nitrogens with zero attached hydrogens (tertiary/aromatic N) is 1. The molecule has 0 bridgehead atoms. The summed E-state index contributed by atoms with van der Waals surface area (Å²) in [4.78, 5) is 25.7. The summed E-state index contributed by atoms with van der Waals surface area (Å²) in [6, 6.07) is 17.3. The van der Waals surface area contributed by atoms with Gasteiger partial charge < -0.3 is 4.74 Å². The first kappa shape index (κ1) is 16.0. The van der Waals surface area contributed by atoms with Gasteiger partial charge in [-0.25, -0.2) is 9.69 Å². The zero-order valence-electron chi connectivity index (χ0n) is 12.4. The first-order valence-electron chi connectivity index (χ1n) is 7.40. The molecule has 0 aliphatic carbocycles. The lowest BCUT2D eigenvalue weighted by molar-refractivity contribution is -0.128. The Morgan fingerprint density at radius 1 is 1.09 bits per heavy atom. The minimum atomic E-state index is -0.540. The standard InChI is InChI=1S/C18H16INO3/c19-15-8-6-14(7-9-15)11-17(21)20-16(12-23-18(20)22)10-13-4-2-1-3-5-13/h1-9,16H,10-12H2/t16-/m1/s1. The van der Waals surface area contributed by atoms with Crippen LogP contribution < -0.4 is 0 Å². The van der Waals surface area contributed by atoms with Gasteiger partial charge in [-0.2, -0.15) is 0 Å². The molecule has 2 aromatic rings. The Morgan fingerprint density at radius 2 is 1.78 bits per heavy atom. The van der Waals surface area contributed by atoms with E-state index in [1.807, 2.05) is 54.6 Å². The number of cyclic esters (lactones) is 1. The highest BCUT2D eigenvalue weighted by Crippen LogP contribution is 2.19. The molecule has 1 aliphatic heterocycles. The molecular weight excluding hydrogens is 405 g/mol. The lowest BCUT2D eigenvalue weighted by Gasteiger charge is -2.19. The average molecular weight is 421 g/mol. The van der Waals surface area contributed by atoms with Crippen molar-refractivity contribution in [1.29, 1.82) is 0 Å². The van der Waals surface area contributed by atoms with Gasteiger partial charge in [0.05, 0.1) is 12.5 Å². The van der Waals surface area contributed by atoms with E-state index in [1.54, 1.807) is 0 Å². The number of halogens is 1. The summed E-state index contributed by atoms with van der Waals surface area (Å²) in [5.41, 5.74) is 1.98. The Balaban J connectivity index is 1.71. The molecular formula is C18H16INO3. The number of carbonyl (C=O) groups is 2. The third kappa shape index (κ3) is 3.90. The van der Waals surface area contributed by atoms with Crippen molar-refractivity contribution in [3.63, 3.8) is 0 Å². The third-order valence-electron chi connectivity index (χ3n) is 3.81. The van der Waals surface area contributed by atoms with Crippen LogP contribution in [0.5, 0.6) is 0 Å². The number of benzene rings is 2. The van der Waals surface area contributed by atoms with E-state index in [0.29, 0.717) is 6.42 Å². The highest BCUT2D eigenvalue weighted by molar-refractivity contribution is 14.1. The van der Waals surface area contributed by atoms with Crippen LogP contribution in [0.2, 0.25) is 0 Å². The van der Waals surface area contributed by atoms with Gasteiger partial charge in [-0.1, -0.05) is 42.5 Å². The van der Waals surface area contributed by atoms with E-state index in [0.717, 1.165) is 14.7 Å². The van der Waals surface area contributed by atoms with Gasteiger partial charge in [0.2, 0.25) is 5.91 Å². The van der Waals surface area contributed by atoms with Crippen LogP contribution in [0, 0.1) is 3.57 Å². The summed E-state index contributed by atoms with van der Waals surface area (Å²) in [6.45, 7) is 0.256. The first-order valence-corrected chi connectivity index (χ1v) is 8.48. The third-order valence-corrected chi connectivity index (χ3v) is 4.53. The molecule has 4 nitrogen and oxygen atoms in total. The molecule has 0 saturated carbocycles. The van der Waals surface area contributed by atoms with Gasteiger partial charge in [-0.15, -0.1) is 0 Å². The Bertz CT molecular complexity index is 700. The van der Waals surface area contributed by atoms with Crippen molar-refractivity contribution in [2.24, 2.45) is 0 Å². The number of imide groups is 1. The molecule has 118 valence electrons. The van der Waals surface area contributed by atoms with Crippen molar-refractivity contribution >= 4 is 34.6 Å². The zero-order chi connectivity index (χ0) is 16.2. The summed E-state index contributed by atoms with van der Waals surface area (Å²) in [6.07, 6.45) is 0.281. The highest BCUT2D eigenvalue weighted by Gasteiger charge is 2.37. The zero-order valence-corrected chi connectivity index (χ0v) is 14.6. The minimum Gasteiger partial charge on any atom is -0.447 e. The minimum absolute atomic E-state index is 0.206. The van der Waals surface area contributed by atoms with E-state index >= 15 is 0 Å². The largest absolute Gasteiger partial charge is 0.447 e. The molecule has 0 N–H and O–H groups in total. The Labute approximate surface area is 148 Å². The first-order chi connectivity index (χ1) is 11.1. The number of hydrogen-bond donors (Lipinski definition) is 0. The molecule has 3 rings (SSSR count). The molecule has 0 spiro atoms. The van der Waals surface area contributed by atoms with Crippen LogP contribution in [-0.2, 0) is 22.4 Å². The van der Waals surface area contributed by atoms with Gasteiger partial charge in [0.15, 0.2) is 0 Å². The summed E-state index contributed by atoms with van der Waals surface area (Å²) in [5.74, 6) is -0.213. The lowest BCUT2D eigenvalue weighted by Crippen LogP contribution is -2.41. The second kappa shape index (κ2) is 7.12. The maximum atomic E-state index is 12.5. The Hall–Kier alpha value is -1.89. The fourth-order valence-corrected chi connectivity index (χ4v) is 3.02. The summed E-state index contributed by atoms with van der Waals surface area (Å²) in [5, 5.41) is 0. The number of rotatable bonds is 4. The van der Waals surface area contributed by atoms with Crippen molar-refractivity contribution in [2.75, 3.05) is 6.61 Å². The lowest BCUT2D eigenvalue weighted by atomic mass is 10.0. The molecule has 1 fully saturated rings. The molecule has 2 amide bonds. The SMILES string of the molecule is O=C(Cc1ccc(I)cc1)N1C(=O)OC[C@H]1Cc1ccccc1. The molecule has 0 radical (unpaired) electrons. The molecule has 1 atom stereocenters. The van der Waals surface area contributed by atoms with E-state index < -0.39 is 6.09 Å². The van der Waals surface area contributed by atoms with Gasteiger partial charge in [0.1, 0.15) is 6.61 Å². The summed E-state index contributed by atoms with van der Waals surface area (Å²) < 4.78 is 6.21. The quantitative estimate of drug-likeness (QED) is 0.711. The van der Waals surface area contributed by atoms with Crippen molar-refractivity contribution in [3.05, 3.63) is 69.3 Å². The molecule has 1 aliphatic rings. The van der Waals surface area contributed by atoms with E-state index in [2.05, 4.69) is 22.6 Å². The van der Waals surface area contributed by atoms with Crippen molar-refractivity contribution in [3.8, 4) is 0 Å². The molecule has 1 saturated heterocycles. The second-order valence-electron chi connectivity index (χ2n) is 5.49. The maximum absolute atomic E-state index is 12.5. The van der Waals surface area contributed by atoms with E-state index in [1.165, 1.54) is 4.90 Å². The van der Waals surface area contributed by atoms with Gasteiger partial charge in [-0.3, -0.25) is 4.79 Å². The topological polar surface area (TPSA) is 46.6 Å². The van der Waals surface area contributed by atoms with E-state index in [9.17, 15) is 9.59 Å². The molecule has 23 heavy (non-hydrogen) atoms. The van der Waals surface area contributed by atoms with Crippen LogP contribution in [0.1, 0.15) is 11.1 Å². The summed E-state index contributed by atoms with van der Waals surface area (Å²) >= 11 is 2.22. The molecule has 5 heteroatoms. The van der Waals surface area contributed by atoms with Crippen LogP contribution >= 0.6 is 22.6 Å². The Morgan fingerprint density at radius 3 is 2.48 bits per heavy atom. The number of carbonyl (C=O) groups excluding carboxylic acids is 2. The highest BCUT2D eigenvalue weighted by atomic mass is 127. The van der Waals surface area contributed by atoms with E-state index in [-0.39, 0.29) is 25.0 Å². The summed E-state index contributed by atoms with van der Waals surface area (Å²) in [7, 11) is 0. The van der Waals surface area contributed by atoms with Gasteiger partial charge in [0.25, 0.3) is 0 Å². The van der Waals surface area contributed by atoms with Crippen LogP contribution in [0.3, 0.4) is 0 Å².